The summed E-state index contributed by atoms with van der Waals surface area (Å²) in [5.74, 6) is -0.995. The Morgan fingerprint density at radius 2 is 2.04 bits per heavy atom. The van der Waals surface area contributed by atoms with Gasteiger partial charge < -0.3 is 10.4 Å². The first-order valence-electron chi connectivity index (χ1n) is 7.36. The zero-order chi connectivity index (χ0) is 17.2. The molecule has 1 amide bonds. The summed E-state index contributed by atoms with van der Waals surface area (Å²) in [7, 11) is 0. The number of rotatable bonds is 5. The minimum atomic E-state index is -0.995. The van der Waals surface area contributed by atoms with Crippen LogP contribution in [-0.4, -0.2) is 36.5 Å². The van der Waals surface area contributed by atoms with E-state index in [2.05, 4.69) is 15.5 Å². The lowest BCUT2D eigenvalue weighted by atomic mass is 10.1. The number of hydrogen-bond acceptors (Lipinski definition) is 4. The van der Waals surface area contributed by atoms with Crippen molar-refractivity contribution in [3.63, 3.8) is 0 Å². The second-order valence-corrected chi connectivity index (χ2v) is 6.19. The lowest BCUT2D eigenvalue weighted by molar-refractivity contribution is -0.137. The Hall–Kier alpha value is -2.64. The van der Waals surface area contributed by atoms with Crippen LogP contribution in [0.4, 0.5) is 5.82 Å². The summed E-state index contributed by atoms with van der Waals surface area (Å²) >= 11 is 0. The van der Waals surface area contributed by atoms with Crippen LogP contribution in [-0.2, 0) is 23.3 Å². The molecule has 0 aliphatic carbocycles. The number of anilines is 1. The van der Waals surface area contributed by atoms with Crippen molar-refractivity contribution < 1.29 is 14.7 Å². The van der Waals surface area contributed by atoms with E-state index >= 15 is 0 Å². The number of carboxylic acid groups (broad SMARTS) is 1. The molecule has 0 fully saturated rings. The van der Waals surface area contributed by atoms with E-state index in [1.54, 1.807) is 12.3 Å². The fourth-order valence-corrected chi connectivity index (χ4v) is 2.32. The van der Waals surface area contributed by atoms with Gasteiger partial charge in [-0.15, -0.1) is 0 Å². The van der Waals surface area contributed by atoms with Gasteiger partial charge >= 0.3 is 5.97 Å². The molecule has 124 valence electrons. The van der Waals surface area contributed by atoms with Crippen molar-refractivity contribution in [3.05, 3.63) is 29.7 Å². The molecule has 2 heterocycles. The van der Waals surface area contributed by atoms with Gasteiger partial charge in [-0.05, 0) is 27.2 Å². The highest BCUT2D eigenvalue weighted by Crippen LogP contribution is 2.20. The maximum absolute atomic E-state index is 12.4. The van der Waals surface area contributed by atoms with E-state index in [0.29, 0.717) is 17.8 Å². The number of nitrogens with one attached hydrogen (secondary N) is 1. The van der Waals surface area contributed by atoms with Gasteiger partial charge in [0.2, 0.25) is 0 Å². The number of carbonyl (C=O) groups is 2. The van der Waals surface area contributed by atoms with Gasteiger partial charge in [-0.1, -0.05) is 6.92 Å². The Labute approximate surface area is 134 Å². The van der Waals surface area contributed by atoms with Crippen LogP contribution < -0.4 is 5.32 Å². The summed E-state index contributed by atoms with van der Waals surface area (Å²) in [6.45, 7) is 7.78. The van der Waals surface area contributed by atoms with Gasteiger partial charge in [0.15, 0.2) is 5.82 Å². The van der Waals surface area contributed by atoms with E-state index in [1.807, 2.05) is 32.4 Å². The molecule has 0 radical (unpaired) electrons. The highest BCUT2D eigenvalue weighted by molar-refractivity contribution is 6.04. The molecule has 2 aromatic heterocycles. The summed E-state index contributed by atoms with van der Waals surface area (Å²) < 4.78 is 3.09. The van der Waals surface area contributed by atoms with Gasteiger partial charge in [0, 0.05) is 12.3 Å². The lowest BCUT2D eigenvalue weighted by Gasteiger charge is -2.22. The number of aliphatic carboxylic acids is 1. The number of nitrogens with zero attached hydrogens (tertiary/aromatic N) is 4. The van der Waals surface area contributed by atoms with E-state index in [0.717, 1.165) is 5.69 Å². The molecule has 2 rings (SSSR count). The number of hydrogen-bond donors (Lipinski definition) is 2. The maximum Gasteiger partial charge on any atom is 0.325 e. The quantitative estimate of drug-likeness (QED) is 0.874. The molecule has 8 nitrogen and oxygen atoms in total. The molecule has 0 saturated heterocycles. The lowest BCUT2D eigenvalue weighted by Crippen LogP contribution is -2.26. The topological polar surface area (TPSA) is 102 Å². The van der Waals surface area contributed by atoms with E-state index in [4.69, 9.17) is 5.11 Å². The standard InChI is InChI=1S/C15H21N5O3/c1-5-11-10(8-16-20(11)15(2,3)4)14(23)17-12-6-7-19(18-12)9-13(21)22/h6-8H,5,9H2,1-4H3,(H,21,22)(H,17,18,23). The molecule has 0 atom stereocenters. The summed E-state index contributed by atoms with van der Waals surface area (Å²) in [6.07, 6.45) is 3.73. The van der Waals surface area contributed by atoms with Crippen molar-refractivity contribution in [3.8, 4) is 0 Å². The van der Waals surface area contributed by atoms with E-state index in [-0.39, 0.29) is 18.0 Å². The van der Waals surface area contributed by atoms with E-state index < -0.39 is 5.97 Å². The third-order valence-corrected chi connectivity index (χ3v) is 3.26. The molecule has 0 saturated carbocycles. The summed E-state index contributed by atoms with van der Waals surface area (Å²) in [5.41, 5.74) is 1.13. The van der Waals surface area contributed by atoms with Crippen LogP contribution in [0.3, 0.4) is 0 Å². The largest absolute Gasteiger partial charge is 0.480 e. The molecule has 0 unspecified atom stereocenters. The van der Waals surface area contributed by atoms with Gasteiger partial charge in [0.05, 0.1) is 23.0 Å². The monoisotopic (exact) mass is 319 g/mol. The molecule has 8 heteroatoms. The molecular weight excluding hydrogens is 298 g/mol. The van der Waals surface area contributed by atoms with Gasteiger partial charge in [-0.2, -0.15) is 10.2 Å². The Morgan fingerprint density at radius 1 is 1.35 bits per heavy atom. The van der Waals surface area contributed by atoms with Crippen LogP contribution in [0, 0.1) is 0 Å². The summed E-state index contributed by atoms with van der Waals surface area (Å²) in [5, 5.41) is 19.7. The Morgan fingerprint density at radius 3 is 2.61 bits per heavy atom. The van der Waals surface area contributed by atoms with Crippen LogP contribution in [0.15, 0.2) is 18.5 Å². The SMILES string of the molecule is CCc1c(C(=O)Nc2ccn(CC(=O)O)n2)cnn1C(C)(C)C. The van der Waals surface area contributed by atoms with Gasteiger partial charge in [0.25, 0.3) is 5.91 Å². The molecule has 2 aromatic rings. The number of carboxylic acids is 1. The Bertz CT molecular complexity index is 724. The van der Waals surface area contributed by atoms with Crippen LogP contribution in [0.1, 0.15) is 43.7 Å². The fourth-order valence-electron chi connectivity index (χ4n) is 2.32. The predicted molar refractivity (Wildman–Crippen MR) is 84.4 cm³/mol. The zero-order valence-electron chi connectivity index (χ0n) is 13.7. The van der Waals surface area contributed by atoms with Crippen LogP contribution in [0.5, 0.6) is 0 Å². The average molecular weight is 319 g/mol. The van der Waals surface area contributed by atoms with Crippen molar-refractivity contribution in [2.75, 3.05) is 5.32 Å². The van der Waals surface area contributed by atoms with E-state index in [1.165, 1.54) is 10.9 Å². The number of amides is 1. The zero-order valence-corrected chi connectivity index (χ0v) is 13.7. The fraction of sp³-hybridized carbons (Fsp3) is 0.467. The van der Waals surface area contributed by atoms with Crippen molar-refractivity contribution >= 4 is 17.7 Å². The molecule has 0 aromatic carbocycles. The molecule has 0 spiro atoms. The smallest absolute Gasteiger partial charge is 0.325 e. The van der Waals surface area contributed by atoms with Gasteiger partial charge in [-0.25, -0.2) is 0 Å². The van der Waals surface area contributed by atoms with Crippen molar-refractivity contribution in [1.29, 1.82) is 0 Å². The predicted octanol–water partition coefficient (Wildman–Crippen LogP) is 1.73. The molecule has 0 bridgehead atoms. The second-order valence-electron chi connectivity index (χ2n) is 6.19. The second kappa shape index (κ2) is 6.23. The number of carbonyl (C=O) groups excluding carboxylic acids is 1. The highest BCUT2D eigenvalue weighted by atomic mass is 16.4. The molecule has 0 aliphatic heterocycles. The number of aromatic nitrogens is 4. The molecule has 23 heavy (non-hydrogen) atoms. The van der Waals surface area contributed by atoms with Crippen molar-refractivity contribution in [2.45, 2.75) is 46.2 Å². The summed E-state index contributed by atoms with van der Waals surface area (Å²) in [4.78, 5) is 23.1. The van der Waals surface area contributed by atoms with Crippen molar-refractivity contribution in [2.24, 2.45) is 0 Å². The first kappa shape index (κ1) is 16.7. The minimum Gasteiger partial charge on any atom is -0.480 e. The van der Waals surface area contributed by atoms with Gasteiger partial charge in [0.1, 0.15) is 6.54 Å². The average Bonchev–Trinajstić information content (AvgIpc) is 3.03. The first-order valence-corrected chi connectivity index (χ1v) is 7.36. The molecule has 2 N–H and O–H groups in total. The normalized spacial score (nSPS) is 11.5. The third kappa shape index (κ3) is 3.77. The highest BCUT2D eigenvalue weighted by Gasteiger charge is 2.23. The Balaban J connectivity index is 2.19. The van der Waals surface area contributed by atoms with Gasteiger partial charge in [-0.3, -0.25) is 19.0 Å². The van der Waals surface area contributed by atoms with Crippen LogP contribution in [0.2, 0.25) is 0 Å². The maximum atomic E-state index is 12.4. The Kier molecular flexibility index (Phi) is 4.53. The first-order chi connectivity index (χ1) is 10.7. The van der Waals surface area contributed by atoms with Crippen LogP contribution in [0.25, 0.3) is 0 Å². The van der Waals surface area contributed by atoms with Crippen molar-refractivity contribution in [1.82, 2.24) is 19.6 Å². The minimum absolute atomic E-state index is 0.215. The molecule has 0 aliphatic rings. The van der Waals surface area contributed by atoms with Crippen LogP contribution >= 0.6 is 0 Å². The third-order valence-electron chi connectivity index (χ3n) is 3.26. The summed E-state index contributed by atoms with van der Waals surface area (Å²) in [6, 6.07) is 1.56. The van der Waals surface area contributed by atoms with E-state index in [9.17, 15) is 9.59 Å². The molecular formula is C15H21N5O3.